The minimum Gasteiger partial charge on any atom is -0.377 e. The third-order valence-electron chi connectivity index (χ3n) is 0.603. The third-order valence-corrected chi connectivity index (χ3v) is 1.63. The zero-order chi connectivity index (χ0) is 7.82. The highest BCUT2D eigenvalue weighted by Gasteiger charge is 1.87. The number of halogens is 1. The Balaban J connectivity index is 3.39. The van der Waals surface area contributed by atoms with Gasteiger partial charge in [0.25, 0.3) is 0 Å². The molecule has 0 bridgehead atoms. The van der Waals surface area contributed by atoms with Gasteiger partial charge in [-0.2, -0.15) is 9.77 Å². The van der Waals surface area contributed by atoms with E-state index in [1.54, 1.807) is 6.08 Å². The third kappa shape index (κ3) is 5.48. The molecule has 0 fully saturated rings. The minimum absolute atomic E-state index is 0.309. The monoisotopic (exact) mass is 175 g/mol. The Hall–Kier alpha value is -0.660. The van der Waals surface area contributed by atoms with E-state index < -0.39 is 0 Å². The molecule has 0 aromatic heterocycles. The molecule has 0 rings (SSSR count). The van der Waals surface area contributed by atoms with Crippen molar-refractivity contribution in [3.63, 3.8) is 0 Å². The summed E-state index contributed by atoms with van der Waals surface area (Å²) in [5, 5.41) is 8.36. The number of nitrogens with two attached hydrogens (primary N) is 1. The molecule has 0 aromatic carbocycles. The molecule has 5 heteroatoms. The predicted molar refractivity (Wildman–Crippen MR) is 44.7 cm³/mol. The molecular weight excluding hydrogens is 170 g/mol. The average Bonchev–Trinajstić information content (AvgIpc) is 1.98. The fraction of sp³-hybridized carbons (Fsp3) is 0.200. The number of nitriles is 1. The van der Waals surface area contributed by atoms with E-state index in [-0.39, 0.29) is 0 Å². The molecule has 54 valence electrons. The van der Waals surface area contributed by atoms with Crippen LogP contribution in [0.4, 0.5) is 0 Å². The Kier molecular flexibility index (Phi) is 6.03. The Morgan fingerprint density at radius 3 is 3.10 bits per heavy atom. The van der Waals surface area contributed by atoms with Crippen molar-refractivity contribution in [2.45, 2.75) is 0 Å². The number of rotatable bonds is 2. The molecule has 0 radical (unpaired) electrons. The highest BCUT2D eigenvalue weighted by Crippen LogP contribution is 2.00. The van der Waals surface area contributed by atoms with E-state index in [1.807, 2.05) is 6.07 Å². The molecule has 0 spiro atoms. The largest absolute Gasteiger partial charge is 0.377 e. The zero-order valence-electron chi connectivity index (χ0n) is 5.12. The van der Waals surface area contributed by atoms with Crippen LogP contribution in [0.1, 0.15) is 0 Å². The van der Waals surface area contributed by atoms with Crippen molar-refractivity contribution in [2.24, 2.45) is 10.2 Å². The molecule has 2 N–H and O–H groups in total. The molecule has 10 heavy (non-hydrogen) atoms. The number of amidine groups is 1. The van der Waals surface area contributed by atoms with Crippen molar-refractivity contribution in [1.82, 2.24) is 0 Å². The van der Waals surface area contributed by atoms with Gasteiger partial charge in [-0.1, -0.05) is 17.8 Å². The Labute approximate surface area is 68.7 Å². The van der Waals surface area contributed by atoms with Gasteiger partial charge in [-0.25, -0.2) is 0 Å². The molecule has 0 heterocycles. The van der Waals surface area contributed by atoms with Crippen LogP contribution in [0.2, 0.25) is 0 Å². The average molecular weight is 176 g/mol. The first-order valence-electron chi connectivity index (χ1n) is 2.43. The molecule has 0 atom stereocenters. The van der Waals surface area contributed by atoms with Gasteiger partial charge in [0.1, 0.15) is 0 Å². The highest BCUT2D eigenvalue weighted by atomic mass is 35.5. The highest BCUT2D eigenvalue weighted by molar-refractivity contribution is 8.13. The summed E-state index contributed by atoms with van der Waals surface area (Å²) in [6, 6.07) is 1.85. The van der Waals surface area contributed by atoms with Crippen molar-refractivity contribution in [2.75, 3.05) is 5.75 Å². The molecule has 0 saturated heterocycles. The smallest absolute Gasteiger partial charge is 0.172 e. The van der Waals surface area contributed by atoms with Crippen LogP contribution in [0.3, 0.4) is 0 Å². The maximum atomic E-state index is 8.06. The normalized spacial score (nSPS) is 11.8. The van der Waals surface area contributed by atoms with Gasteiger partial charge in [0.05, 0.1) is 6.07 Å². The molecule has 0 saturated carbocycles. The summed E-state index contributed by atoms with van der Waals surface area (Å²) < 4.78 is 3.20. The van der Waals surface area contributed by atoms with Crippen molar-refractivity contribution < 1.29 is 0 Å². The van der Waals surface area contributed by atoms with E-state index in [0.717, 1.165) is 0 Å². The summed E-state index contributed by atoms with van der Waals surface area (Å²) >= 11 is 6.29. The van der Waals surface area contributed by atoms with Crippen LogP contribution >= 0.6 is 23.5 Å². The van der Waals surface area contributed by atoms with Crippen molar-refractivity contribution in [1.29, 1.82) is 5.26 Å². The van der Waals surface area contributed by atoms with Crippen LogP contribution in [0.25, 0.3) is 0 Å². The maximum absolute atomic E-state index is 8.06. The van der Waals surface area contributed by atoms with Gasteiger partial charge >= 0.3 is 0 Å². The van der Waals surface area contributed by atoms with Crippen LogP contribution in [-0.2, 0) is 0 Å². The molecule has 0 aliphatic heterocycles. The van der Waals surface area contributed by atoms with E-state index in [0.29, 0.717) is 10.9 Å². The lowest BCUT2D eigenvalue weighted by molar-refractivity contribution is 1.53. The van der Waals surface area contributed by atoms with Gasteiger partial charge in [-0.3, -0.25) is 0 Å². The topological polar surface area (TPSA) is 62.2 Å². The van der Waals surface area contributed by atoms with Gasteiger partial charge in [0.2, 0.25) is 0 Å². The maximum Gasteiger partial charge on any atom is 0.172 e. The van der Waals surface area contributed by atoms with Crippen LogP contribution in [0, 0.1) is 11.3 Å². The Morgan fingerprint density at radius 2 is 2.60 bits per heavy atom. The molecule has 0 aliphatic rings. The molecule has 0 aromatic rings. The zero-order valence-corrected chi connectivity index (χ0v) is 6.69. The van der Waals surface area contributed by atoms with E-state index in [4.69, 9.17) is 22.8 Å². The SMILES string of the molecule is N#C/C=C/CSC(N)=NCl. The number of allylic oxidation sites excluding steroid dienone is 1. The summed E-state index contributed by atoms with van der Waals surface area (Å²) in [5.41, 5.74) is 5.22. The summed E-state index contributed by atoms with van der Waals surface area (Å²) in [7, 11) is 0. The Bertz CT molecular complexity index is 182. The Morgan fingerprint density at radius 1 is 1.90 bits per heavy atom. The first-order valence-corrected chi connectivity index (χ1v) is 3.75. The van der Waals surface area contributed by atoms with Crippen LogP contribution < -0.4 is 5.73 Å². The minimum atomic E-state index is 0.309. The van der Waals surface area contributed by atoms with Crippen molar-refractivity contribution in [3.8, 4) is 6.07 Å². The van der Waals surface area contributed by atoms with E-state index >= 15 is 0 Å². The van der Waals surface area contributed by atoms with E-state index in [9.17, 15) is 0 Å². The second-order valence-corrected chi connectivity index (χ2v) is 2.47. The lowest BCUT2D eigenvalue weighted by Crippen LogP contribution is -2.04. The summed E-state index contributed by atoms with van der Waals surface area (Å²) in [4.78, 5) is 0. The van der Waals surface area contributed by atoms with Crippen LogP contribution in [-0.4, -0.2) is 10.9 Å². The van der Waals surface area contributed by atoms with Crippen LogP contribution in [0.5, 0.6) is 0 Å². The van der Waals surface area contributed by atoms with E-state index in [2.05, 4.69) is 4.51 Å². The van der Waals surface area contributed by atoms with Gasteiger partial charge in [-0.15, -0.1) is 0 Å². The van der Waals surface area contributed by atoms with Gasteiger partial charge in [-0.05, 0) is 0 Å². The second-order valence-electron chi connectivity index (χ2n) is 1.27. The molecule has 0 unspecified atom stereocenters. The van der Waals surface area contributed by atoms with Gasteiger partial charge in [0, 0.05) is 23.6 Å². The van der Waals surface area contributed by atoms with Gasteiger partial charge < -0.3 is 5.73 Å². The van der Waals surface area contributed by atoms with Gasteiger partial charge in [0.15, 0.2) is 5.17 Å². The molecule has 0 amide bonds. The molecular formula is C5H6ClN3S. The second kappa shape index (κ2) is 6.46. The number of hydrogen-bond acceptors (Lipinski definition) is 3. The summed E-state index contributed by atoms with van der Waals surface area (Å²) in [6.07, 6.45) is 3.06. The predicted octanol–water partition coefficient (Wildman–Crippen LogP) is 1.27. The van der Waals surface area contributed by atoms with Crippen molar-refractivity contribution >= 4 is 28.7 Å². The fourth-order valence-electron chi connectivity index (χ4n) is 0.259. The molecule has 0 aliphatic carbocycles. The summed E-state index contributed by atoms with van der Waals surface area (Å²) in [6.45, 7) is 0. The first-order chi connectivity index (χ1) is 4.81. The van der Waals surface area contributed by atoms with Crippen molar-refractivity contribution in [3.05, 3.63) is 12.2 Å². The first kappa shape index (κ1) is 9.34. The lowest BCUT2D eigenvalue weighted by Gasteiger charge is -1.89. The number of nitrogens with zero attached hydrogens (tertiary/aromatic N) is 2. The standard InChI is InChI=1S/C5H6ClN3S/c6-9-5(8)10-4-2-1-3-7/h1-2H,4H2,(H2,8,9)/b2-1+. The molecule has 3 nitrogen and oxygen atoms in total. The number of thioether (sulfide) groups is 1. The van der Waals surface area contributed by atoms with E-state index in [1.165, 1.54) is 17.8 Å². The quantitative estimate of drug-likeness (QED) is 0.391. The number of hydrogen-bond donors (Lipinski definition) is 1. The lowest BCUT2D eigenvalue weighted by atomic mass is 10.6. The van der Waals surface area contributed by atoms with Crippen LogP contribution in [0.15, 0.2) is 16.7 Å². The summed E-state index contributed by atoms with van der Waals surface area (Å²) in [5.74, 6) is 0.621. The fourth-order valence-corrected chi connectivity index (χ4v) is 0.817.